The zero-order valence-electron chi connectivity index (χ0n) is 14.6. The molecule has 0 bridgehead atoms. The van der Waals surface area contributed by atoms with E-state index in [1.165, 1.54) is 0 Å². The van der Waals surface area contributed by atoms with Crippen LogP contribution in [-0.4, -0.2) is 16.7 Å². The number of hydrogen-bond acceptors (Lipinski definition) is 3. The topological polar surface area (TPSA) is 54.4 Å². The Morgan fingerprint density at radius 2 is 1.33 bits per heavy atom. The van der Waals surface area contributed by atoms with Crippen LogP contribution in [0.15, 0.2) is 90.5 Å². The largest absolute Gasteiger partial charge is 0.507 e. The van der Waals surface area contributed by atoms with Gasteiger partial charge in [-0.15, -0.1) is 0 Å². The summed E-state index contributed by atoms with van der Waals surface area (Å²) in [5, 5.41) is 10.8. The minimum Gasteiger partial charge on any atom is -0.507 e. The van der Waals surface area contributed by atoms with E-state index in [0.717, 1.165) is 5.56 Å². The van der Waals surface area contributed by atoms with E-state index in [-0.39, 0.29) is 23.7 Å². The molecule has 0 fully saturated rings. The van der Waals surface area contributed by atoms with Crippen molar-refractivity contribution in [3.05, 3.63) is 113 Å². The number of aliphatic hydroxyl groups excluding tert-OH is 1. The van der Waals surface area contributed by atoms with E-state index in [9.17, 15) is 14.7 Å². The number of rotatable bonds is 5. The van der Waals surface area contributed by atoms with Crippen molar-refractivity contribution in [2.75, 3.05) is 0 Å². The number of fused-ring (bicyclic) bond motifs is 1. The molecule has 27 heavy (non-hydrogen) atoms. The quantitative estimate of drug-likeness (QED) is 0.640. The molecule has 3 heteroatoms. The Kier molecular flexibility index (Phi) is 4.43. The molecule has 3 aromatic rings. The van der Waals surface area contributed by atoms with Crippen molar-refractivity contribution in [2.45, 2.75) is 12.3 Å². The first-order valence-electron chi connectivity index (χ1n) is 8.87. The van der Waals surface area contributed by atoms with Crippen LogP contribution in [-0.2, 0) is 0 Å². The van der Waals surface area contributed by atoms with Gasteiger partial charge in [0, 0.05) is 29.0 Å². The van der Waals surface area contributed by atoms with Crippen molar-refractivity contribution < 1.29 is 14.7 Å². The van der Waals surface area contributed by atoms with Crippen LogP contribution in [0.25, 0.3) is 5.76 Å². The maximum Gasteiger partial charge on any atom is 0.194 e. The molecule has 0 heterocycles. The van der Waals surface area contributed by atoms with Crippen LogP contribution >= 0.6 is 0 Å². The number of hydrogen-bond donors (Lipinski definition) is 1. The molecule has 3 nitrogen and oxygen atoms in total. The highest BCUT2D eigenvalue weighted by atomic mass is 16.3. The predicted molar refractivity (Wildman–Crippen MR) is 105 cm³/mol. The van der Waals surface area contributed by atoms with E-state index >= 15 is 0 Å². The Morgan fingerprint density at radius 1 is 0.778 bits per heavy atom. The summed E-state index contributed by atoms with van der Waals surface area (Å²) in [5.41, 5.74) is 2.75. The lowest BCUT2D eigenvalue weighted by atomic mass is 9.84. The number of Topliss-reactive ketones (excluding diaryl/α,β-unsaturated/α-hetero) is 2. The Labute approximate surface area is 157 Å². The summed E-state index contributed by atoms with van der Waals surface area (Å²) in [5.74, 6) is -0.796. The summed E-state index contributed by atoms with van der Waals surface area (Å²) in [6, 6.07) is 25.5. The van der Waals surface area contributed by atoms with Crippen LogP contribution in [0.5, 0.6) is 0 Å². The van der Waals surface area contributed by atoms with Crippen molar-refractivity contribution in [3.63, 3.8) is 0 Å². The van der Waals surface area contributed by atoms with Crippen LogP contribution in [0.3, 0.4) is 0 Å². The summed E-state index contributed by atoms with van der Waals surface area (Å²) in [6.07, 6.45) is 0.118. The van der Waals surface area contributed by atoms with Crippen molar-refractivity contribution in [1.29, 1.82) is 0 Å². The molecule has 3 aromatic carbocycles. The zero-order chi connectivity index (χ0) is 18.8. The molecule has 0 saturated carbocycles. The van der Waals surface area contributed by atoms with Crippen molar-refractivity contribution in [3.8, 4) is 0 Å². The fourth-order valence-electron chi connectivity index (χ4n) is 3.61. The molecule has 4 rings (SSSR count). The van der Waals surface area contributed by atoms with Crippen molar-refractivity contribution in [2.24, 2.45) is 0 Å². The first-order chi connectivity index (χ1) is 13.2. The lowest BCUT2D eigenvalue weighted by molar-refractivity contribution is 0.0972. The standard InChI is InChI=1S/C24H18O3/c25-21(17-11-5-2-6-12-17)15-20(16-9-3-1-4-10-16)22-23(26)18-13-7-8-14-19(18)24(22)27/h1-14,20,26H,15H2/t20-/m1/s1. The van der Waals surface area contributed by atoms with Crippen LogP contribution in [0, 0.1) is 0 Å². The second-order valence-electron chi connectivity index (χ2n) is 6.59. The minimum absolute atomic E-state index is 0.0229. The van der Waals surface area contributed by atoms with E-state index in [1.54, 1.807) is 36.4 Å². The van der Waals surface area contributed by atoms with Gasteiger partial charge in [0.05, 0.1) is 5.57 Å². The predicted octanol–water partition coefficient (Wildman–Crippen LogP) is 5.21. The summed E-state index contributed by atoms with van der Waals surface area (Å²) in [4.78, 5) is 25.9. The molecule has 132 valence electrons. The van der Waals surface area contributed by atoms with Gasteiger partial charge in [-0.1, -0.05) is 84.9 Å². The summed E-state index contributed by atoms with van der Waals surface area (Å²) < 4.78 is 0. The normalized spacial score (nSPS) is 14.1. The lowest BCUT2D eigenvalue weighted by Gasteiger charge is -2.18. The Morgan fingerprint density at radius 3 is 1.96 bits per heavy atom. The van der Waals surface area contributed by atoms with Gasteiger partial charge in [-0.05, 0) is 5.56 Å². The van der Waals surface area contributed by atoms with Gasteiger partial charge in [0.1, 0.15) is 5.76 Å². The van der Waals surface area contributed by atoms with Crippen LogP contribution in [0.4, 0.5) is 0 Å². The zero-order valence-corrected chi connectivity index (χ0v) is 14.6. The van der Waals surface area contributed by atoms with E-state index < -0.39 is 5.92 Å². The fraction of sp³-hybridized carbons (Fsp3) is 0.0833. The van der Waals surface area contributed by atoms with Gasteiger partial charge in [0.15, 0.2) is 11.6 Å². The highest BCUT2D eigenvalue weighted by Gasteiger charge is 2.36. The van der Waals surface area contributed by atoms with Gasteiger partial charge < -0.3 is 5.11 Å². The summed E-state index contributed by atoms with van der Waals surface area (Å²) >= 11 is 0. The molecule has 0 radical (unpaired) electrons. The van der Waals surface area contributed by atoms with E-state index in [1.807, 2.05) is 48.5 Å². The second kappa shape index (κ2) is 7.04. The number of carbonyl (C=O) groups is 2. The third-order valence-corrected chi connectivity index (χ3v) is 4.96. The molecular formula is C24H18O3. The maximum atomic E-state index is 13.0. The average molecular weight is 354 g/mol. The SMILES string of the molecule is O=C(C[C@@H](C1=C(O)c2ccccc2C1=O)c1ccccc1)c1ccccc1. The minimum atomic E-state index is -0.501. The van der Waals surface area contributed by atoms with Crippen LogP contribution < -0.4 is 0 Å². The molecule has 1 atom stereocenters. The van der Waals surface area contributed by atoms with E-state index in [4.69, 9.17) is 0 Å². The molecule has 0 unspecified atom stereocenters. The average Bonchev–Trinajstić information content (AvgIpc) is 2.98. The molecular weight excluding hydrogens is 336 g/mol. The van der Waals surface area contributed by atoms with Crippen LogP contribution in [0.1, 0.15) is 44.2 Å². The molecule has 0 saturated heterocycles. The van der Waals surface area contributed by atoms with Gasteiger partial charge >= 0.3 is 0 Å². The van der Waals surface area contributed by atoms with Crippen LogP contribution in [0.2, 0.25) is 0 Å². The first-order valence-corrected chi connectivity index (χ1v) is 8.87. The lowest BCUT2D eigenvalue weighted by Crippen LogP contribution is -2.14. The highest BCUT2D eigenvalue weighted by molar-refractivity contribution is 6.20. The van der Waals surface area contributed by atoms with E-state index in [2.05, 4.69) is 0 Å². The molecule has 0 aromatic heterocycles. The number of benzene rings is 3. The molecule has 0 spiro atoms. The Hall–Kier alpha value is -3.46. The monoisotopic (exact) mass is 354 g/mol. The number of ketones is 2. The number of aliphatic hydroxyl groups is 1. The van der Waals surface area contributed by atoms with E-state index in [0.29, 0.717) is 22.3 Å². The van der Waals surface area contributed by atoms with Gasteiger partial charge in [0.2, 0.25) is 0 Å². The van der Waals surface area contributed by atoms with Gasteiger partial charge in [0.25, 0.3) is 0 Å². The second-order valence-corrected chi connectivity index (χ2v) is 6.59. The summed E-state index contributed by atoms with van der Waals surface area (Å²) in [6.45, 7) is 0. The molecule has 1 aliphatic rings. The third kappa shape index (κ3) is 3.08. The van der Waals surface area contributed by atoms with Gasteiger partial charge in [-0.25, -0.2) is 0 Å². The van der Waals surface area contributed by atoms with Crippen molar-refractivity contribution >= 4 is 17.3 Å². The smallest absolute Gasteiger partial charge is 0.194 e. The van der Waals surface area contributed by atoms with Gasteiger partial charge in [-0.3, -0.25) is 9.59 Å². The molecule has 1 aliphatic carbocycles. The van der Waals surface area contributed by atoms with Gasteiger partial charge in [-0.2, -0.15) is 0 Å². The molecule has 0 aliphatic heterocycles. The molecule has 1 N–H and O–H groups in total. The Bertz CT molecular complexity index is 1030. The summed E-state index contributed by atoms with van der Waals surface area (Å²) in [7, 11) is 0. The molecule has 0 amide bonds. The van der Waals surface area contributed by atoms with Crippen molar-refractivity contribution in [1.82, 2.24) is 0 Å². The fourth-order valence-corrected chi connectivity index (χ4v) is 3.61. The Balaban J connectivity index is 1.77. The third-order valence-electron chi connectivity index (χ3n) is 4.96. The highest BCUT2D eigenvalue weighted by Crippen LogP contribution is 2.41. The maximum absolute atomic E-state index is 13.0. The number of carbonyl (C=O) groups excluding carboxylic acids is 2. The first kappa shape index (κ1) is 17.0. The number of allylic oxidation sites excluding steroid dienone is 1.